The molecule has 0 radical (unpaired) electrons. The Balaban J connectivity index is 1.63. The maximum Gasteiger partial charge on any atom is 0.328 e. The number of aromatic nitrogens is 1. The normalized spacial score (nSPS) is 14.8. The molecular formula is C18H20N2O5. The summed E-state index contributed by atoms with van der Waals surface area (Å²) in [5, 5.41) is 3.56. The number of esters is 2. The van der Waals surface area contributed by atoms with Gasteiger partial charge in [-0.15, -0.1) is 0 Å². The van der Waals surface area contributed by atoms with Crippen molar-refractivity contribution in [1.82, 2.24) is 10.3 Å². The lowest BCUT2D eigenvalue weighted by Gasteiger charge is -2.16. The number of hydrogen-bond donors (Lipinski definition) is 2. The summed E-state index contributed by atoms with van der Waals surface area (Å²) in [7, 11) is 1.27. The van der Waals surface area contributed by atoms with Gasteiger partial charge < -0.3 is 19.8 Å². The highest BCUT2D eigenvalue weighted by Gasteiger charge is 2.32. The number of carbonyl (C=O) groups is 3. The number of ether oxygens (including phenoxy) is 2. The number of H-pyrrole nitrogens is 1. The molecule has 0 saturated heterocycles. The fourth-order valence-electron chi connectivity index (χ4n) is 2.67. The van der Waals surface area contributed by atoms with Crippen LogP contribution in [0, 0.1) is 5.92 Å². The SMILES string of the molecule is COC(=O)[C@@H](Cc1c[nH]c2ccccc12)NC(=O)COC(=O)C1CC1. The van der Waals surface area contributed by atoms with Crippen molar-refractivity contribution in [2.24, 2.45) is 5.92 Å². The highest BCUT2D eigenvalue weighted by Crippen LogP contribution is 2.29. The van der Waals surface area contributed by atoms with Crippen LogP contribution in [0.5, 0.6) is 0 Å². The van der Waals surface area contributed by atoms with E-state index in [1.54, 1.807) is 6.20 Å². The number of fused-ring (bicyclic) bond motifs is 1. The van der Waals surface area contributed by atoms with Crippen molar-refractivity contribution in [1.29, 1.82) is 0 Å². The lowest BCUT2D eigenvalue weighted by Crippen LogP contribution is -2.44. The Bertz CT molecular complexity index is 794. The summed E-state index contributed by atoms with van der Waals surface area (Å²) in [5.41, 5.74) is 1.84. The average Bonchev–Trinajstić information content (AvgIpc) is 3.40. The quantitative estimate of drug-likeness (QED) is 0.738. The second-order valence-corrected chi connectivity index (χ2v) is 6.09. The van der Waals surface area contributed by atoms with E-state index in [1.807, 2.05) is 24.3 Å². The Kier molecular flexibility index (Phi) is 5.02. The van der Waals surface area contributed by atoms with Crippen LogP contribution in [-0.4, -0.2) is 42.6 Å². The first-order chi connectivity index (χ1) is 12.1. The molecular weight excluding hydrogens is 324 g/mol. The van der Waals surface area contributed by atoms with Crippen molar-refractivity contribution in [3.8, 4) is 0 Å². The Morgan fingerprint density at radius 1 is 1.28 bits per heavy atom. The highest BCUT2D eigenvalue weighted by atomic mass is 16.5. The van der Waals surface area contributed by atoms with Crippen LogP contribution in [0.4, 0.5) is 0 Å². The molecule has 132 valence electrons. The van der Waals surface area contributed by atoms with Gasteiger partial charge in [0, 0.05) is 23.5 Å². The van der Waals surface area contributed by atoms with Crippen LogP contribution >= 0.6 is 0 Å². The molecule has 1 fully saturated rings. The third-order valence-electron chi connectivity index (χ3n) is 4.18. The molecule has 25 heavy (non-hydrogen) atoms. The molecule has 1 aromatic carbocycles. The summed E-state index contributed by atoms with van der Waals surface area (Å²) in [6.45, 7) is -0.392. The zero-order chi connectivity index (χ0) is 17.8. The van der Waals surface area contributed by atoms with Gasteiger partial charge in [0.15, 0.2) is 6.61 Å². The van der Waals surface area contributed by atoms with E-state index in [4.69, 9.17) is 9.47 Å². The number of amides is 1. The summed E-state index contributed by atoms with van der Waals surface area (Å²) >= 11 is 0. The predicted molar refractivity (Wildman–Crippen MR) is 89.6 cm³/mol. The van der Waals surface area contributed by atoms with Gasteiger partial charge in [0.1, 0.15) is 6.04 Å². The van der Waals surface area contributed by atoms with Crippen molar-refractivity contribution in [2.75, 3.05) is 13.7 Å². The molecule has 2 aromatic rings. The van der Waals surface area contributed by atoms with Gasteiger partial charge in [0.25, 0.3) is 5.91 Å². The molecule has 0 unspecified atom stereocenters. The molecule has 7 nitrogen and oxygen atoms in total. The number of para-hydroxylation sites is 1. The molecule has 1 aromatic heterocycles. The van der Waals surface area contributed by atoms with Crippen molar-refractivity contribution >= 4 is 28.7 Å². The van der Waals surface area contributed by atoms with E-state index < -0.39 is 24.5 Å². The fraction of sp³-hybridized carbons (Fsp3) is 0.389. The zero-order valence-electron chi connectivity index (χ0n) is 13.9. The van der Waals surface area contributed by atoms with E-state index in [0.717, 1.165) is 29.3 Å². The second-order valence-electron chi connectivity index (χ2n) is 6.09. The topological polar surface area (TPSA) is 97.5 Å². The first kappa shape index (κ1) is 17.0. The third kappa shape index (κ3) is 4.17. The Morgan fingerprint density at radius 2 is 2.04 bits per heavy atom. The first-order valence-corrected chi connectivity index (χ1v) is 8.17. The Hall–Kier alpha value is -2.83. The van der Waals surface area contributed by atoms with Crippen molar-refractivity contribution in [3.63, 3.8) is 0 Å². The lowest BCUT2D eigenvalue weighted by atomic mass is 10.0. The number of nitrogens with one attached hydrogen (secondary N) is 2. The molecule has 1 amide bonds. The van der Waals surface area contributed by atoms with E-state index in [2.05, 4.69) is 10.3 Å². The number of benzene rings is 1. The number of aromatic amines is 1. The van der Waals surface area contributed by atoms with Gasteiger partial charge >= 0.3 is 11.9 Å². The minimum Gasteiger partial charge on any atom is -0.467 e. The van der Waals surface area contributed by atoms with E-state index in [-0.39, 0.29) is 18.3 Å². The average molecular weight is 344 g/mol. The van der Waals surface area contributed by atoms with Gasteiger partial charge in [-0.3, -0.25) is 9.59 Å². The number of carbonyl (C=O) groups excluding carboxylic acids is 3. The van der Waals surface area contributed by atoms with Crippen molar-refractivity contribution in [3.05, 3.63) is 36.0 Å². The van der Waals surface area contributed by atoms with Crippen LogP contribution in [0.25, 0.3) is 10.9 Å². The van der Waals surface area contributed by atoms with Crippen LogP contribution in [0.2, 0.25) is 0 Å². The fourth-order valence-corrected chi connectivity index (χ4v) is 2.67. The summed E-state index contributed by atoms with van der Waals surface area (Å²) in [4.78, 5) is 38.6. The minimum atomic E-state index is -0.851. The van der Waals surface area contributed by atoms with E-state index in [9.17, 15) is 14.4 Å². The molecule has 0 aliphatic heterocycles. The first-order valence-electron chi connectivity index (χ1n) is 8.17. The molecule has 0 bridgehead atoms. The molecule has 1 saturated carbocycles. The summed E-state index contributed by atoms with van der Waals surface area (Å²) < 4.78 is 9.71. The maximum atomic E-state index is 12.0. The van der Waals surface area contributed by atoms with Crippen molar-refractivity contribution < 1.29 is 23.9 Å². The lowest BCUT2D eigenvalue weighted by molar-refractivity contribution is -0.151. The standard InChI is InChI=1S/C18H20N2O5/c1-24-18(23)15(20-16(21)10-25-17(22)11-6-7-11)8-12-9-19-14-5-3-2-4-13(12)14/h2-5,9,11,15,19H,6-8,10H2,1H3,(H,20,21)/t15-/m1/s1. The van der Waals surface area contributed by atoms with E-state index >= 15 is 0 Å². The Labute approximate surface area is 144 Å². The largest absolute Gasteiger partial charge is 0.467 e. The van der Waals surface area contributed by atoms with Crippen LogP contribution in [-0.2, 0) is 30.3 Å². The molecule has 1 aliphatic rings. The smallest absolute Gasteiger partial charge is 0.328 e. The van der Waals surface area contributed by atoms with Crippen LogP contribution in [0.15, 0.2) is 30.5 Å². The maximum absolute atomic E-state index is 12.0. The minimum absolute atomic E-state index is 0.0737. The molecule has 1 atom stereocenters. The molecule has 0 spiro atoms. The monoisotopic (exact) mass is 344 g/mol. The molecule has 2 N–H and O–H groups in total. The van der Waals surface area contributed by atoms with E-state index in [1.165, 1.54) is 7.11 Å². The van der Waals surface area contributed by atoms with E-state index in [0.29, 0.717) is 0 Å². The molecule has 3 rings (SSSR count). The summed E-state index contributed by atoms with van der Waals surface area (Å²) in [6, 6.07) is 6.84. The van der Waals surface area contributed by atoms with Gasteiger partial charge in [-0.1, -0.05) is 18.2 Å². The van der Waals surface area contributed by atoms with Gasteiger partial charge in [-0.2, -0.15) is 0 Å². The second kappa shape index (κ2) is 7.38. The van der Waals surface area contributed by atoms with Crippen LogP contribution in [0.3, 0.4) is 0 Å². The third-order valence-corrected chi connectivity index (χ3v) is 4.18. The zero-order valence-corrected chi connectivity index (χ0v) is 13.9. The number of rotatable bonds is 7. The summed E-state index contributed by atoms with van der Waals surface area (Å²) in [6.07, 6.45) is 3.70. The number of hydrogen-bond acceptors (Lipinski definition) is 5. The van der Waals surface area contributed by atoms with Gasteiger partial charge in [-0.05, 0) is 24.5 Å². The molecule has 1 heterocycles. The van der Waals surface area contributed by atoms with Crippen LogP contribution in [0.1, 0.15) is 18.4 Å². The molecule has 7 heteroatoms. The van der Waals surface area contributed by atoms with Gasteiger partial charge in [-0.25, -0.2) is 4.79 Å². The van der Waals surface area contributed by atoms with Crippen molar-refractivity contribution in [2.45, 2.75) is 25.3 Å². The van der Waals surface area contributed by atoms with Crippen LogP contribution < -0.4 is 5.32 Å². The molecule has 1 aliphatic carbocycles. The number of methoxy groups -OCH3 is 1. The highest BCUT2D eigenvalue weighted by molar-refractivity contribution is 5.88. The Morgan fingerprint density at radius 3 is 2.76 bits per heavy atom. The predicted octanol–water partition coefficient (Wildman–Crippen LogP) is 1.32. The summed E-state index contributed by atoms with van der Waals surface area (Å²) in [5.74, 6) is -1.51. The van der Waals surface area contributed by atoms with Gasteiger partial charge in [0.2, 0.25) is 0 Å². The van der Waals surface area contributed by atoms with Gasteiger partial charge in [0.05, 0.1) is 13.0 Å².